The van der Waals surface area contributed by atoms with Crippen LogP contribution in [0, 0.1) is 0 Å². The van der Waals surface area contributed by atoms with Crippen LogP contribution < -0.4 is 5.73 Å². The molecule has 0 bridgehead atoms. The molecular formula is C17H22N2. The molecular weight excluding hydrogens is 232 g/mol. The van der Waals surface area contributed by atoms with Crippen molar-refractivity contribution in [3.8, 4) is 0 Å². The summed E-state index contributed by atoms with van der Waals surface area (Å²) >= 11 is 0. The molecule has 0 saturated carbocycles. The molecule has 0 aliphatic carbocycles. The molecule has 19 heavy (non-hydrogen) atoms. The molecule has 2 nitrogen and oxygen atoms in total. The molecule has 2 N–H and O–H groups in total. The average molecular weight is 254 g/mol. The van der Waals surface area contributed by atoms with Crippen LogP contribution in [-0.4, -0.2) is 4.98 Å². The third kappa shape index (κ3) is 2.54. The SMILES string of the molecule is CCC(CC)(c1ccccc1)C(N)c1cccnc1. The Bertz CT molecular complexity index is 489. The highest BCUT2D eigenvalue weighted by Gasteiger charge is 2.35. The van der Waals surface area contributed by atoms with E-state index in [9.17, 15) is 0 Å². The predicted molar refractivity (Wildman–Crippen MR) is 79.9 cm³/mol. The molecule has 0 aliphatic rings. The van der Waals surface area contributed by atoms with Crippen LogP contribution in [0.1, 0.15) is 43.9 Å². The Hall–Kier alpha value is -1.67. The Balaban J connectivity index is 2.45. The molecule has 2 rings (SSSR count). The number of benzene rings is 1. The quantitative estimate of drug-likeness (QED) is 0.880. The maximum Gasteiger partial charge on any atom is 0.0408 e. The van der Waals surface area contributed by atoms with E-state index in [1.54, 1.807) is 6.20 Å². The minimum atomic E-state index is -0.0291. The van der Waals surface area contributed by atoms with Crippen molar-refractivity contribution < 1.29 is 0 Å². The van der Waals surface area contributed by atoms with Gasteiger partial charge in [0.15, 0.2) is 0 Å². The van der Waals surface area contributed by atoms with E-state index >= 15 is 0 Å². The molecule has 1 aromatic carbocycles. The lowest BCUT2D eigenvalue weighted by molar-refractivity contribution is 0.321. The second-order valence-electron chi connectivity index (χ2n) is 4.99. The third-order valence-electron chi connectivity index (χ3n) is 4.25. The Morgan fingerprint density at radius 1 is 1.05 bits per heavy atom. The topological polar surface area (TPSA) is 38.9 Å². The van der Waals surface area contributed by atoms with Gasteiger partial charge in [-0.05, 0) is 30.0 Å². The van der Waals surface area contributed by atoms with Gasteiger partial charge in [0.1, 0.15) is 0 Å². The number of pyridine rings is 1. The van der Waals surface area contributed by atoms with Crippen molar-refractivity contribution in [1.82, 2.24) is 4.98 Å². The van der Waals surface area contributed by atoms with Crippen molar-refractivity contribution in [2.75, 3.05) is 0 Å². The van der Waals surface area contributed by atoms with Gasteiger partial charge in [-0.3, -0.25) is 4.98 Å². The highest BCUT2D eigenvalue weighted by molar-refractivity contribution is 5.31. The van der Waals surface area contributed by atoms with Gasteiger partial charge in [0.25, 0.3) is 0 Å². The van der Waals surface area contributed by atoms with Gasteiger partial charge < -0.3 is 5.73 Å². The van der Waals surface area contributed by atoms with Crippen molar-refractivity contribution in [3.05, 3.63) is 66.0 Å². The molecule has 0 saturated heterocycles. The highest BCUT2D eigenvalue weighted by atomic mass is 14.7. The largest absolute Gasteiger partial charge is 0.323 e. The van der Waals surface area contributed by atoms with Gasteiger partial charge in [-0.1, -0.05) is 50.2 Å². The van der Waals surface area contributed by atoms with Crippen molar-refractivity contribution in [2.45, 2.75) is 38.1 Å². The first-order valence-electron chi connectivity index (χ1n) is 6.95. The van der Waals surface area contributed by atoms with Crippen LogP contribution in [0.4, 0.5) is 0 Å². The van der Waals surface area contributed by atoms with Gasteiger partial charge in [-0.15, -0.1) is 0 Å². The molecule has 2 heteroatoms. The zero-order valence-corrected chi connectivity index (χ0v) is 11.7. The second kappa shape index (κ2) is 5.98. The monoisotopic (exact) mass is 254 g/mol. The minimum Gasteiger partial charge on any atom is -0.323 e. The Labute approximate surface area is 115 Å². The van der Waals surface area contributed by atoms with Gasteiger partial charge in [0.05, 0.1) is 0 Å². The first-order valence-corrected chi connectivity index (χ1v) is 6.95. The maximum atomic E-state index is 6.59. The summed E-state index contributed by atoms with van der Waals surface area (Å²) in [6.07, 6.45) is 5.71. The lowest BCUT2D eigenvalue weighted by atomic mass is 9.68. The second-order valence-corrected chi connectivity index (χ2v) is 4.99. The van der Waals surface area contributed by atoms with Crippen molar-refractivity contribution >= 4 is 0 Å². The van der Waals surface area contributed by atoms with Crippen molar-refractivity contribution in [1.29, 1.82) is 0 Å². The Morgan fingerprint density at radius 2 is 1.74 bits per heavy atom. The van der Waals surface area contributed by atoms with E-state index in [0.717, 1.165) is 18.4 Å². The van der Waals surface area contributed by atoms with Crippen LogP contribution in [0.2, 0.25) is 0 Å². The van der Waals surface area contributed by atoms with Crippen LogP contribution in [0.15, 0.2) is 54.9 Å². The fourth-order valence-electron chi connectivity index (χ4n) is 2.93. The molecule has 1 aromatic heterocycles. The predicted octanol–water partition coefficient (Wildman–Crippen LogP) is 3.84. The molecule has 100 valence electrons. The average Bonchev–Trinajstić information content (AvgIpc) is 2.51. The summed E-state index contributed by atoms with van der Waals surface area (Å²) in [7, 11) is 0. The van der Waals surface area contributed by atoms with E-state index in [1.807, 2.05) is 12.3 Å². The summed E-state index contributed by atoms with van der Waals surface area (Å²) in [5.41, 5.74) is 8.99. The molecule has 0 amide bonds. The van der Waals surface area contributed by atoms with E-state index in [1.165, 1.54) is 5.56 Å². The van der Waals surface area contributed by atoms with E-state index in [-0.39, 0.29) is 11.5 Å². The molecule has 0 radical (unpaired) electrons. The molecule has 0 fully saturated rings. The zero-order valence-electron chi connectivity index (χ0n) is 11.7. The van der Waals surface area contributed by atoms with Crippen molar-refractivity contribution in [2.24, 2.45) is 5.73 Å². The van der Waals surface area contributed by atoms with Crippen molar-refractivity contribution in [3.63, 3.8) is 0 Å². The first-order chi connectivity index (χ1) is 9.24. The number of nitrogens with two attached hydrogens (primary N) is 1. The number of hydrogen-bond acceptors (Lipinski definition) is 2. The molecule has 0 spiro atoms. The summed E-state index contributed by atoms with van der Waals surface area (Å²) in [4.78, 5) is 4.20. The normalized spacial score (nSPS) is 13.2. The third-order valence-corrected chi connectivity index (χ3v) is 4.25. The van der Waals surface area contributed by atoms with E-state index in [2.05, 4.69) is 55.2 Å². The van der Waals surface area contributed by atoms with Gasteiger partial charge in [-0.2, -0.15) is 0 Å². The van der Waals surface area contributed by atoms with Crippen LogP contribution >= 0.6 is 0 Å². The lowest BCUT2D eigenvalue weighted by Crippen LogP contribution is -2.37. The zero-order chi connectivity index (χ0) is 13.7. The van der Waals surface area contributed by atoms with Gasteiger partial charge >= 0.3 is 0 Å². The van der Waals surface area contributed by atoms with Gasteiger partial charge in [0, 0.05) is 23.9 Å². The van der Waals surface area contributed by atoms with Crippen LogP contribution in [0.5, 0.6) is 0 Å². The smallest absolute Gasteiger partial charge is 0.0408 e. The number of aromatic nitrogens is 1. The fraction of sp³-hybridized carbons (Fsp3) is 0.353. The Kier molecular flexibility index (Phi) is 4.33. The number of hydrogen-bond donors (Lipinski definition) is 1. The summed E-state index contributed by atoms with van der Waals surface area (Å²) in [6, 6.07) is 14.6. The summed E-state index contributed by atoms with van der Waals surface area (Å²) in [6.45, 7) is 4.43. The molecule has 1 heterocycles. The highest BCUT2D eigenvalue weighted by Crippen LogP contribution is 2.41. The van der Waals surface area contributed by atoms with E-state index in [4.69, 9.17) is 5.73 Å². The van der Waals surface area contributed by atoms with E-state index in [0.29, 0.717) is 0 Å². The molecule has 2 aromatic rings. The standard InChI is InChI=1S/C17H22N2/c1-3-17(4-2,15-10-6-5-7-11-15)16(18)14-9-8-12-19-13-14/h5-13,16H,3-4,18H2,1-2H3. The summed E-state index contributed by atoms with van der Waals surface area (Å²) in [5, 5.41) is 0. The minimum absolute atomic E-state index is 0.0235. The lowest BCUT2D eigenvalue weighted by Gasteiger charge is -2.38. The number of rotatable bonds is 5. The number of nitrogens with zero attached hydrogens (tertiary/aromatic N) is 1. The molecule has 1 atom stereocenters. The molecule has 1 unspecified atom stereocenters. The van der Waals surface area contributed by atoms with Crippen LogP contribution in [-0.2, 0) is 5.41 Å². The van der Waals surface area contributed by atoms with E-state index < -0.39 is 0 Å². The molecule has 0 aliphatic heterocycles. The first kappa shape index (κ1) is 13.8. The summed E-state index contributed by atoms with van der Waals surface area (Å²) in [5.74, 6) is 0. The Morgan fingerprint density at radius 3 is 2.26 bits per heavy atom. The van der Waals surface area contributed by atoms with Crippen LogP contribution in [0.25, 0.3) is 0 Å². The fourth-order valence-corrected chi connectivity index (χ4v) is 2.93. The summed E-state index contributed by atoms with van der Waals surface area (Å²) < 4.78 is 0. The maximum absolute atomic E-state index is 6.59. The van der Waals surface area contributed by atoms with Gasteiger partial charge in [0.2, 0.25) is 0 Å². The van der Waals surface area contributed by atoms with Crippen LogP contribution in [0.3, 0.4) is 0 Å². The van der Waals surface area contributed by atoms with Gasteiger partial charge in [-0.25, -0.2) is 0 Å².